The molecule has 12 aromatic carbocycles. The predicted octanol–water partition coefficient (Wildman–Crippen LogP) is 16.0. The zero-order valence-electron chi connectivity index (χ0n) is 60.7. The Labute approximate surface area is 652 Å². The second-order valence-electron chi connectivity index (χ2n) is 24.7. The third-order valence-corrected chi connectivity index (χ3v) is 15.6. The van der Waals surface area contributed by atoms with Crippen LogP contribution in [0.15, 0.2) is 267 Å². The topological polar surface area (TPSA) is 487 Å². The molecular formula is C82H77F9N18O6. The summed E-state index contributed by atoms with van der Waals surface area (Å²) in [4.78, 5) is 71.5. The molecule has 12 rings (SSSR count). The predicted molar refractivity (Wildman–Crippen MR) is 438 cm³/mol. The first-order valence-electron chi connectivity index (χ1n) is 33.7. The minimum absolute atomic E-state index is 0.0148. The zero-order chi connectivity index (χ0) is 84.5. The summed E-state index contributed by atoms with van der Waals surface area (Å²) in [6.07, 6.45) is -14.2. The smallest absolute Gasteiger partial charge is 0.399 e. The van der Waals surface area contributed by atoms with Gasteiger partial charge in [-0.2, -0.15) is 39.5 Å². The fraction of sp³-hybridized carbons (Fsp3) is 0.0488. The molecular weight excluding hydrogens is 1500 g/mol. The lowest BCUT2D eigenvalue weighted by atomic mass is 10.0. The van der Waals surface area contributed by atoms with Crippen molar-refractivity contribution in [2.45, 2.75) is 25.5 Å². The van der Waals surface area contributed by atoms with Crippen LogP contribution in [-0.2, 0) is 18.5 Å². The number of halogens is 9. The summed E-state index contributed by atoms with van der Waals surface area (Å²) >= 11 is 0. The third-order valence-electron chi connectivity index (χ3n) is 15.6. The molecule has 0 saturated heterocycles. The molecule has 0 unspecified atom stereocenters. The van der Waals surface area contributed by atoms with Gasteiger partial charge in [-0.25, -0.2) is 0 Å². The molecule has 594 valence electrons. The van der Waals surface area contributed by atoms with Gasteiger partial charge in [-0.1, -0.05) is 24.3 Å². The van der Waals surface area contributed by atoms with Crippen LogP contribution in [0, 0.1) is 6.92 Å². The van der Waals surface area contributed by atoms with Crippen molar-refractivity contribution in [2.24, 2.45) is 0 Å². The summed E-state index contributed by atoms with van der Waals surface area (Å²) < 4.78 is 116. The van der Waals surface area contributed by atoms with Crippen LogP contribution in [-0.4, -0.2) is 35.4 Å². The minimum atomic E-state index is -4.86. The number of hydrogen-bond acceptors (Lipinski definition) is 18. The molecule has 24 nitrogen and oxygen atoms in total. The summed E-state index contributed by atoms with van der Waals surface area (Å²) in [6.45, 7) is 1.73. The molecule has 0 saturated carbocycles. The van der Waals surface area contributed by atoms with Gasteiger partial charge in [0.25, 0.3) is 35.4 Å². The lowest BCUT2D eigenvalue weighted by molar-refractivity contribution is -0.138. The number of aryl methyl sites for hydroxylation is 1. The van der Waals surface area contributed by atoms with E-state index in [-0.39, 0.29) is 40.7 Å². The Kier molecular flexibility index (Phi) is 29.5. The quantitative estimate of drug-likeness (QED) is 0.0399. The lowest BCUT2D eigenvalue weighted by Crippen LogP contribution is -2.19. The van der Waals surface area contributed by atoms with Gasteiger partial charge >= 0.3 is 18.5 Å². The van der Waals surface area contributed by atoms with Gasteiger partial charge < -0.3 is 101 Å². The van der Waals surface area contributed by atoms with E-state index in [1.54, 1.807) is 213 Å². The van der Waals surface area contributed by atoms with E-state index in [4.69, 9.17) is 68.8 Å². The van der Waals surface area contributed by atoms with Gasteiger partial charge in [-0.3, -0.25) is 28.8 Å². The summed E-state index contributed by atoms with van der Waals surface area (Å²) in [5, 5.41) is 15.4. The molecule has 30 N–H and O–H groups in total. The molecule has 0 bridgehead atoms. The molecule has 0 aliphatic rings. The highest BCUT2D eigenvalue weighted by molar-refractivity contribution is 6.08. The highest BCUT2D eigenvalue weighted by atomic mass is 19.4. The highest BCUT2D eigenvalue weighted by Crippen LogP contribution is 2.38. The van der Waals surface area contributed by atoms with Crippen molar-refractivity contribution in [2.75, 3.05) is 101 Å². The molecule has 0 atom stereocenters. The number of nitrogen functional groups attached to an aromatic ring is 12. The van der Waals surface area contributed by atoms with Crippen molar-refractivity contribution < 1.29 is 68.3 Å². The SMILES string of the molecule is Cc1cc(C(=O)Nc2ccc(N)c(C(F)(F)F)c2)ccc1N.Nc1ccc(C(=O)Nc2ccc(N)c(C(F)(F)F)c2)c(C(F)(F)F)c1.Nc1ccc(C(=O)Nc2cccc(N)c2)cc1.Nc1ccc(NC(=O)c2ccc(N)cc2)cc1.Nc1ccc(NC(=O)c2cccc(N)c2)cc1.Nc1cccc(NC(=O)c2cccc(N)c2)c1. The number of alkyl halides is 9. The summed E-state index contributed by atoms with van der Waals surface area (Å²) in [5.74, 6) is -2.51. The zero-order valence-corrected chi connectivity index (χ0v) is 60.7. The van der Waals surface area contributed by atoms with Gasteiger partial charge in [0.15, 0.2) is 0 Å². The van der Waals surface area contributed by atoms with E-state index in [2.05, 4.69) is 26.6 Å². The number of anilines is 18. The summed E-state index contributed by atoms with van der Waals surface area (Å²) in [5.41, 5.74) is 71.8. The summed E-state index contributed by atoms with van der Waals surface area (Å²) in [7, 11) is 0. The molecule has 0 spiro atoms. The Morgan fingerprint density at radius 3 is 0.826 bits per heavy atom. The molecule has 6 amide bonds. The number of nitrogens with one attached hydrogen (secondary N) is 6. The number of rotatable bonds is 12. The monoisotopic (exact) mass is 1580 g/mol. The number of hydrogen-bond donors (Lipinski definition) is 18. The van der Waals surface area contributed by atoms with Crippen LogP contribution in [0.5, 0.6) is 0 Å². The fourth-order valence-electron chi connectivity index (χ4n) is 9.78. The van der Waals surface area contributed by atoms with Crippen LogP contribution in [0.4, 0.5) is 142 Å². The van der Waals surface area contributed by atoms with Crippen LogP contribution in [0.25, 0.3) is 0 Å². The maximum Gasteiger partial charge on any atom is 0.418 e. The molecule has 0 aromatic heterocycles. The first-order chi connectivity index (χ1) is 54.2. The molecule has 115 heavy (non-hydrogen) atoms. The molecule has 0 fully saturated rings. The Hall–Kier alpha value is -15.6. The average molecular weight is 1580 g/mol. The molecule has 0 aliphatic carbocycles. The van der Waals surface area contributed by atoms with Crippen molar-refractivity contribution in [1.29, 1.82) is 0 Å². The Balaban J connectivity index is 0.000000192. The third kappa shape index (κ3) is 27.5. The standard InChI is InChI=1S/C15H11F6N3O.C15H14F3N3O.4C13H13N3O/c16-14(17,18)10-5-7(22)1-3-9(10)13(25)24-8-2-4-12(23)11(6-8)15(19,20)21;1-8-6-9(2-4-12(8)19)14(22)21-10-3-5-13(20)11(7-10)15(16,17)18;14-10-3-1-9(2-4-10)13(17)16-12-7-5-11(15)6-8-12;14-10-4-1-3-9(7-10)13(17)16-12-6-2-5-11(15)8-12;14-10-6-4-9(5-7-10)13(17)16-12-3-1-2-11(15)8-12;14-10-4-6-12(7-5-10)16-13(17)9-2-1-3-11(15)8-9/h1-6H,22-23H2,(H,24,25);2-7H,19-20H2,1H3,(H,21,22);4*1-8H,14-15H2,(H,16,17). The Morgan fingerprint density at radius 2 is 0.487 bits per heavy atom. The lowest BCUT2D eigenvalue weighted by Gasteiger charge is -2.15. The number of amides is 6. The molecule has 0 aliphatic heterocycles. The average Bonchev–Trinajstić information content (AvgIpc) is 0.808. The molecule has 33 heteroatoms. The Morgan fingerprint density at radius 1 is 0.226 bits per heavy atom. The van der Waals surface area contributed by atoms with Crippen LogP contribution in [0.1, 0.15) is 84.4 Å². The maximum atomic E-state index is 13.0. The van der Waals surface area contributed by atoms with Crippen LogP contribution in [0.2, 0.25) is 0 Å². The molecule has 12 aromatic rings. The Bertz CT molecular complexity index is 5410. The second kappa shape index (κ2) is 39.2. The van der Waals surface area contributed by atoms with E-state index in [0.717, 1.165) is 36.4 Å². The first kappa shape index (κ1) is 86.7. The van der Waals surface area contributed by atoms with E-state index in [9.17, 15) is 68.3 Å². The summed E-state index contributed by atoms with van der Waals surface area (Å²) in [6, 6.07) is 67.9. The van der Waals surface area contributed by atoms with Crippen molar-refractivity contribution in [3.63, 3.8) is 0 Å². The van der Waals surface area contributed by atoms with E-state index >= 15 is 0 Å². The molecule has 0 radical (unpaired) electrons. The number of benzene rings is 12. The van der Waals surface area contributed by atoms with E-state index in [1.165, 1.54) is 12.1 Å². The van der Waals surface area contributed by atoms with Gasteiger partial charge in [0.2, 0.25) is 0 Å². The van der Waals surface area contributed by atoms with Crippen molar-refractivity contribution in [1.82, 2.24) is 0 Å². The van der Waals surface area contributed by atoms with Gasteiger partial charge in [0, 0.05) is 130 Å². The first-order valence-corrected chi connectivity index (χ1v) is 33.7. The van der Waals surface area contributed by atoms with Gasteiger partial charge in [0.05, 0.1) is 22.3 Å². The molecule has 0 heterocycles. The number of carbonyl (C=O) groups is 6. The van der Waals surface area contributed by atoms with Crippen LogP contribution < -0.4 is 101 Å². The van der Waals surface area contributed by atoms with Gasteiger partial charge in [-0.15, -0.1) is 0 Å². The maximum absolute atomic E-state index is 13.0. The van der Waals surface area contributed by atoms with E-state index in [0.29, 0.717) is 119 Å². The number of carbonyl (C=O) groups excluding carboxylic acids is 6. The van der Waals surface area contributed by atoms with E-state index in [1.807, 2.05) is 5.32 Å². The van der Waals surface area contributed by atoms with Gasteiger partial charge in [0.1, 0.15) is 0 Å². The van der Waals surface area contributed by atoms with Crippen LogP contribution >= 0.6 is 0 Å². The van der Waals surface area contributed by atoms with Crippen molar-refractivity contribution in [3.05, 3.63) is 323 Å². The second-order valence-corrected chi connectivity index (χ2v) is 24.7. The van der Waals surface area contributed by atoms with Crippen molar-refractivity contribution in [3.8, 4) is 0 Å². The van der Waals surface area contributed by atoms with Crippen LogP contribution in [0.3, 0.4) is 0 Å². The normalized spacial score (nSPS) is 10.6. The minimum Gasteiger partial charge on any atom is -0.399 e. The van der Waals surface area contributed by atoms with Gasteiger partial charge in [-0.05, 0) is 255 Å². The van der Waals surface area contributed by atoms with Crippen molar-refractivity contribution >= 4 is 138 Å². The largest absolute Gasteiger partial charge is 0.418 e. The fourth-order valence-corrected chi connectivity index (χ4v) is 9.78. The van der Waals surface area contributed by atoms with E-state index < -0.39 is 64.0 Å². The highest BCUT2D eigenvalue weighted by Gasteiger charge is 2.37. The number of nitrogens with two attached hydrogens (primary N) is 12.